The van der Waals surface area contributed by atoms with Gasteiger partial charge in [-0.1, -0.05) is 0 Å². The molecule has 1 rings (SSSR count). The van der Waals surface area contributed by atoms with Gasteiger partial charge in [0.1, 0.15) is 0 Å². The highest BCUT2D eigenvalue weighted by Gasteiger charge is 2.11. The highest BCUT2D eigenvalue weighted by molar-refractivity contribution is 9.13. The second-order valence-corrected chi connectivity index (χ2v) is 5.67. The summed E-state index contributed by atoms with van der Waals surface area (Å²) in [4.78, 5) is 0.932. The Kier molecular flexibility index (Phi) is 4.47. The smallest absolute Gasteiger partial charge is 0.0991 e. The SMILES string of the molecule is CC#CCC(O)c1cc(Br)c(Br)s1. The summed E-state index contributed by atoms with van der Waals surface area (Å²) >= 11 is 8.27. The van der Waals surface area contributed by atoms with Crippen molar-refractivity contribution in [1.82, 2.24) is 0 Å². The largest absolute Gasteiger partial charge is 0.387 e. The third-order valence-corrected chi connectivity index (χ3v) is 4.82. The van der Waals surface area contributed by atoms with Crippen LogP contribution in [0, 0.1) is 11.8 Å². The number of aliphatic hydroxyl groups excluding tert-OH is 1. The molecule has 1 aromatic rings. The first-order chi connectivity index (χ1) is 6.15. The second kappa shape index (κ2) is 5.16. The van der Waals surface area contributed by atoms with Gasteiger partial charge in [0, 0.05) is 15.8 Å². The van der Waals surface area contributed by atoms with Crippen LogP contribution in [0.2, 0.25) is 0 Å². The number of hydrogen-bond donors (Lipinski definition) is 1. The molecule has 0 aliphatic carbocycles. The van der Waals surface area contributed by atoms with Crippen LogP contribution in [0.4, 0.5) is 0 Å². The van der Waals surface area contributed by atoms with E-state index >= 15 is 0 Å². The summed E-state index contributed by atoms with van der Waals surface area (Å²) in [6.45, 7) is 1.77. The summed E-state index contributed by atoms with van der Waals surface area (Å²) in [5.41, 5.74) is 0. The summed E-state index contributed by atoms with van der Waals surface area (Å²) in [6, 6.07) is 1.91. The van der Waals surface area contributed by atoms with Crippen LogP contribution in [-0.4, -0.2) is 5.11 Å². The number of thiophene rings is 1. The molecule has 0 bridgehead atoms. The predicted octanol–water partition coefficient (Wildman–Crippen LogP) is 3.72. The molecule has 70 valence electrons. The van der Waals surface area contributed by atoms with Gasteiger partial charge in [0.2, 0.25) is 0 Å². The topological polar surface area (TPSA) is 20.2 Å². The molecule has 0 saturated heterocycles. The van der Waals surface area contributed by atoms with Crippen LogP contribution in [0.1, 0.15) is 24.3 Å². The maximum absolute atomic E-state index is 9.66. The third kappa shape index (κ3) is 3.10. The molecular formula is C9H8Br2OS. The molecule has 1 nitrogen and oxygen atoms in total. The molecule has 13 heavy (non-hydrogen) atoms. The maximum Gasteiger partial charge on any atom is 0.0991 e. The van der Waals surface area contributed by atoms with E-state index in [4.69, 9.17) is 0 Å². The Bertz CT molecular complexity index is 329. The summed E-state index contributed by atoms with van der Waals surface area (Å²) in [5.74, 6) is 5.61. The molecule has 4 heteroatoms. The van der Waals surface area contributed by atoms with E-state index in [0.717, 1.165) is 13.1 Å². The Morgan fingerprint density at radius 3 is 2.77 bits per heavy atom. The Morgan fingerprint density at radius 1 is 1.62 bits per heavy atom. The van der Waals surface area contributed by atoms with Gasteiger partial charge < -0.3 is 5.11 Å². The molecular weight excluding hydrogens is 316 g/mol. The van der Waals surface area contributed by atoms with Crippen molar-refractivity contribution in [3.63, 3.8) is 0 Å². The second-order valence-electron chi connectivity index (χ2n) is 2.42. The lowest BCUT2D eigenvalue weighted by Crippen LogP contribution is -1.91. The lowest BCUT2D eigenvalue weighted by molar-refractivity contribution is 0.188. The van der Waals surface area contributed by atoms with Crippen LogP contribution < -0.4 is 0 Å². The first-order valence-corrected chi connectivity index (χ1v) is 6.07. The summed E-state index contributed by atoms with van der Waals surface area (Å²) in [6.07, 6.45) is 0.0237. The summed E-state index contributed by atoms with van der Waals surface area (Å²) in [5, 5.41) is 9.66. The number of hydrogen-bond acceptors (Lipinski definition) is 2. The van der Waals surface area contributed by atoms with Crippen molar-refractivity contribution in [2.24, 2.45) is 0 Å². The van der Waals surface area contributed by atoms with Gasteiger partial charge in [0.25, 0.3) is 0 Å². The van der Waals surface area contributed by atoms with Crippen molar-refractivity contribution in [3.05, 3.63) is 19.2 Å². The van der Waals surface area contributed by atoms with Crippen LogP contribution in [0.15, 0.2) is 14.3 Å². The van der Waals surface area contributed by atoms with Gasteiger partial charge in [-0.3, -0.25) is 0 Å². The Hall–Kier alpha value is 0.180. The van der Waals surface area contributed by atoms with Gasteiger partial charge in [-0.25, -0.2) is 0 Å². The lowest BCUT2D eigenvalue weighted by Gasteiger charge is -2.01. The maximum atomic E-state index is 9.66. The van der Waals surface area contributed by atoms with Gasteiger partial charge in [-0.2, -0.15) is 0 Å². The van der Waals surface area contributed by atoms with Crippen LogP contribution >= 0.6 is 43.2 Å². The highest BCUT2D eigenvalue weighted by Crippen LogP contribution is 2.36. The van der Waals surface area contributed by atoms with Gasteiger partial charge in [0.15, 0.2) is 0 Å². The van der Waals surface area contributed by atoms with Crippen molar-refractivity contribution < 1.29 is 5.11 Å². The fraction of sp³-hybridized carbons (Fsp3) is 0.333. The molecule has 1 N–H and O–H groups in total. The first kappa shape index (κ1) is 11.3. The molecule has 0 radical (unpaired) electrons. The molecule has 0 amide bonds. The Balaban J connectivity index is 2.75. The molecule has 0 spiro atoms. The fourth-order valence-corrected chi connectivity index (χ4v) is 2.90. The molecule has 0 aromatic carbocycles. The van der Waals surface area contributed by atoms with E-state index in [1.165, 1.54) is 11.3 Å². The van der Waals surface area contributed by atoms with Crippen molar-refractivity contribution in [2.45, 2.75) is 19.4 Å². The summed E-state index contributed by atoms with van der Waals surface area (Å²) < 4.78 is 1.99. The van der Waals surface area contributed by atoms with Crippen molar-refractivity contribution >= 4 is 43.2 Å². The average Bonchev–Trinajstić information content (AvgIpc) is 2.43. The Morgan fingerprint density at radius 2 is 2.31 bits per heavy atom. The van der Waals surface area contributed by atoms with Gasteiger partial charge >= 0.3 is 0 Å². The zero-order chi connectivity index (χ0) is 9.84. The normalized spacial score (nSPS) is 12.0. The minimum Gasteiger partial charge on any atom is -0.387 e. The average molecular weight is 324 g/mol. The molecule has 0 aliphatic heterocycles. The lowest BCUT2D eigenvalue weighted by atomic mass is 10.2. The van der Waals surface area contributed by atoms with Crippen LogP contribution in [0.5, 0.6) is 0 Å². The number of rotatable bonds is 2. The number of halogens is 2. The van der Waals surface area contributed by atoms with E-state index in [-0.39, 0.29) is 0 Å². The predicted molar refractivity (Wildman–Crippen MR) is 62.7 cm³/mol. The van der Waals surface area contributed by atoms with Crippen LogP contribution in [-0.2, 0) is 0 Å². The summed E-state index contributed by atoms with van der Waals surface area (Å²) in [7, 11) is 0. The minimum absolute atomic E-state index is 0.472. The van der Waals surface area contributed by atoms with Crippen molar-refractivity contribution in [2.75, 3.05) is 0 Å². The Labute approximate surface area is 98.4 Å². The molecule has 0 fully saturated rings. The standard InChI is InChI=1S/C9H8Br2OS/c1-2-3-4-7(12)8-5-6(10)9(11)13-8/h5,7,12H,4H2,1H3. The van der Waals surface area contributed by atoms with Crippen LogP contribution in [0.3, 0.4) is 0 Å². The van der Waals surface area contributed by atoms with E-state index in [1.54, 1.807) is 6.92 Å². The van der Waals surface area contributed by atoms with E-state index in [0.29, 0.717) is 6.42 Å². The monoisotopic (exact) mass is 322 g/mol. The molecule has 0 aliphatic rings. The van der Waals surface area contributed by atoms with Gasteiger partial charge in [-0.05, 0) is 44.8 Å². The van der Waals surface area contributed by atoms with Gasteiger partial charge in [-0.15, -0.1) is 23.2 Å². The molecule has 1 aromatic heterocycles. The van der Waals surface area contributed by atoms with Crippen LogP contribution in [0.25, 0.3) is 0 Å². The molecule has 0 saturated carbocycles. The van der Waals surface area contributed by atoms with Gasteiger partial charge in [0.05, 0.1) is 9.89 Å². The zero-order valence-electron chi connectivity index (χ0n) is 6.97. The van der Waals surface area contributed by atoms with Crippen molar-refractivity contribution in [3.8, 4) is 11.8 Å². The quantitative estimate of drug-likeness (QED) is 0.822. The minimum atomic E-state index is -0.472. The zero-order valence-corrected chi connectivity index (χ0v) is 11.0. The molecule has 1 atom stereocenters. The van der Waals surface area contributed by atoms with E-state index in [1.807, 2.05) is 6.07 Å². The first-order valence-electron chi connectivity index (χ1n) is 3.67. The fourth-order valence-electron chi connectivity index (χ4n) is 0.827. The third-order valence-electron chi connectivity index (χ3n) is 1.46. The molecule has 1 unspecified atom stereocenters. The molecule has 1 heterocycles. The number of aliphatic hydroxyl groups is 1. The van der Waals surface area contributed by atoms with E-state index in [9.17, 15) is 5.11 Å². The van der Waals surface area contributed by atoms with E-state index in [2.05, 4.69) is 43.7 Å². The van der Waals surface area contributed by atoms with Crippen molar-refractivity contribution in [1.29, 1.82) is 0 Å². The highest BCUT2D eigenvalue weighted by atomic mass is 79.9. The van der Waals surface area contributed by atoms with E-state index < -0.39 is 6.10 Å².